The third-order valence-corrected chi connectivity index (χ3v) is 7.66. The molecule has 2 unspecified atom stereocenters. The second-order valence-electron chi connectivity index (χ2n) is 7.61. The highest BCUT2D eigenvalue weighted by Crippen LogP contribution is 2.47. The minimum absolute atomic E-state index is 0.105. The highest BCUT2D eigenvalue weighted by molar-refractivity contribution is 7.12. The predicted molar refractivity (Wildman–Crippen MR) is 119 cm³/mol. The minimum atomic E-state index is -0.396. The van der Waals surface area contributed by atoms with E-state index in [9.17, 15) is 9.59 Å². The Morgan fingerprint density at radius 2 is 2.00 bits per heavy atom. The van der Waals surface area contributed by atoms with Crippen molar-refractivity contribution < 1.29 is 19.1 Å². The third-order valence-electron chi connectivity index (χ3n) is 5.56. The summed E-state index contributed by atoms with van der Waals surface area (Å²) in [4.78, 5) is 29.8. The second kappa shape index (κ2) is 8.88. The van der Waals surface area contributed by atoms with Crippen molar-refractivity contribution in [2.24, 2.45) is 0 Å². The summed E-state index contributed by atoms with van der Waals surface area (Å²) in [5, 5.41) is 5.43. The molecule has 4 rings (SSSR count). The number of aryl methyl sites for hydroxylation is 1. The molecule has 0 radical (unpaired) electrons. The van der Waals surface area contributed by atoms with E-state index in [1.807, 2.05) is 32.0 Å². The molecular formula is C23H25NO4S2. The van der Waals surface area contributed by atoms with Crippen LogP contribution >= 0.6 is 22.7 Å². The first-order valence-corrected chi connectivity index (χ1v) is 11.7. The van der Waals surface area contributed by atoms with Crippen molar-refractivity contribution in [2.75, 3.05) is 20.3 Å². The maximum absolute atomic E-state index is 13.4. The minimum Gasteiger partial charge on any atom is -0.460 e. The summed E-state index contributed by atoms with van der Waals surface area (Å²) in [7, 11) is 1.57. The van der Waals surface area contributed by atoms with Gasteiger partial charge in [-0.25, -0.2) is 4.79 Å². The van der Waals surface area contributed by atoms with Crippen LogP contribution in [0.4, 0.5) is 0 Å². The van der Waals surface area contributed by atoms with Gasteiger partial charge in [-0.1, -0.05) is 6.07 Å². The standard InChI is InChI=1S/C23H25NO4S2/c1-13-6-7-19(30-13)22-20(23(26)28-9-8-27-3)14(2)24-16-11-15(12-17(25)21(16)22)18-5-4-10-29-18/h4-7,10,15,22,24H,8-9,11-12H2,1-3H3. The number of methoxy groups -OCH3 is 1. The molecule has 0 saturated heterocycles. The number of thiophene rings is 2. The first-order valence-electron chi connectivity index (χ1n) is 9.99. The lowest BCUT2D eigenvalue weighted by Gasteiger charge is -2.35. The van der Waals surface area contributed by atoms with Gasteiger partial charge in [0.2, 0.25) is 0 Å². The number of carbonyl (C=O) groups is 2. The molecular weight excluding hydrogens is 418 g/mol. The number of hydrogen-bond acceptors (Lipinski definition) is 7. The van der Waals surface area contributed by atoms with Crippen molar-refractivity contribution in [1.82, 2.24) is 5.32 Å². The Kier molecular flexibility index (Phi) is 6.22. The van der Waals surface area contributed by atoms with E-state index in [2.05, 4.69) is 16.8 Å². The van der Waals surface area contributed by atoms with Crippen LogP contribution in [0.25, 0.3) is 0 Å². The van der Waals surface area contributed by atoms with Gasteiger partial charge < -0.3 is 14.8 Å². The molecule has 0 amide bonds. The summed E-state index contributed by atoms with van der Waals surface area (Å²) < 4.78 is 10.5. The van der Waals surface area contributed by atoms with Gasteiger partial charge in [0, 0.05) is 51.0 Å². The number of dihydropyridines is 1. The van der Waals surface area contributed by atoms with E-state index in [1.54, 1.807) is 29.8 Å². The van der Waals surface area contributed by atoms with Crippen molar-refractivity contribution in [3.8, 4) is 0 Å². The lowest BCUT2D eigenvalue weighted by molar-refractivity contribution is -0.140. The summed E-state index contributed by atoms with van der Waals surface area (Å²) in [5.41, 5.74) is 2.93. The summed E-state index contributed by atoms with van der Waals surface area (Å²) >= 11 is 3.31. The molecule has 7 heteroatoms. The summed E-state index contributed by atoms with van der Waals surface area (Å²) in [6.07, 6.45) is 1.23. The zero-order valence-electron chi connectivity index (χ0n) is 17.3. The Hall–Kier alpha value is -2.22. The van der Waals surface area contributed by atoms with Gasteiger partial charge in [0.05, 0.1) is 18.1 Å². The molecule has 1 aliphatic carbocycles. The van der Waals surface area contributed by atoms with E-state index in [-0.39, 0.29) is 24.2 Å². The van der Waals surface area contributed by atoms with Crippen LogP contribution in [0.1, 0.15) is 46.2 Å². The highest BCUT2D eigenvalue weighted by Gasteiger charge is 2.42. The van der Waals surface area contributed by atoms with Crippen LogP contribution in [-0.2, 0) is 19.1 Å². The zero-order chi connectivity index (χ0) is 21.3. The van der Waals surface area contributed by atoms with Crippen molar-refractivity contribution in [2.45, 2.75) is 38.5 Å². The highest BCUT2D eigenvalue weighted by atomic mass is 32.1. The van der Waals surface area contributed by atoms with Gasteiger partial charge in [0.25, 0.3) is 0 Å². The molecule has 158 valence electrons. The van der Waals surface area contributed by atoms with Crippen LogP contribution in [0.3, 0.4) is 0 Å². The number of ether oxygens (including phenoxy) is 2. The van der Waals surface area contributed by atoms with Gasteiger partial charge in [-0.2, -0.15) is 0 Å². The molecule has 0 aromatic carbocycles. The van der Waals surface area contributed by atoms with Gasteiger partial charge in [-0.3, -0.25) is 4.79 Å². The maximum atomic E-state index is 13.4. The number of esters is 1. The molecule has 0 saturated carbocycles. The van der Waals surface area contributed by atoms with E-state index >= 15 is 0 Å². The van der Waals surface area contributed by atoms with Gasteiger partial charge in [-0.05, 0) is 43.8 Å². The number of allylic oxidation sites excluding steroid dienone is 3. The molecule has 30 heavy (non-hydrogen) atoms. The monoisotopic (exact) mass is 443 g/mol. The number of rotatable bonds is 6. The third kappa shape index (κ3) is 4.02. The van der Waals surface area contributed by atoms with Crippen molar-refractivity contribution >= 4 is 34.4 Å². The maximum Gasteiger partial charge on any atom is 0.336 e. The van der Waals surface area contributed by atoms with E-state index < -0.39 is 5.97 Å². The molecule has 5 nitrogen and oxygen atoms in total. The number of Topliss-reactive ketones (excluding diaryl/α,β-unsaturated/α-hetero) is 1. The number of nitrogens with one attached hydrogen (secondary N) is 1. The van der Waals surface area contributed by atoms with Crippen LogP contribution in [-0.4, -0.2) is 32.1 Å². The molecule has 1 aliphatic heterocycles. The lowest BCUT2D eigenvalue weighted by atomic mass is 9.74. The smallest absolute Gasteiger partial charge is 0.336 e. The fourth-order valence-electron chi connectivity index (χ4n) is 4.22. The second-order valence-corrected chi connectivity index (χ2v) is 9.91. The Morgan fingerprint density at radius 3 is 2.67 bits per heavy atom. The Morgan fingerprint density at radius 1 is 1.17 bits per heavy atom. The summed E-state index contributed by atoms with van der Waals surface area (Å²) in [6, 6.07) is 8.18. The van der Waals surface area contributed by atoms with Crippen LogP contribution < -0.4 is 5.32 Å². The molecule has 0 bridgehead atoms. The molecule has 1 N–H and O–H groups in total. The normalized spacial score (nSPS) is 21.5. The van der Waals surface area contributed by atoms with E-state index in [1.165, 1.54) is 4.88 Å². The molecule has 0 fully saturated rings. The van der Waals surface area contributed by atoms with Crippen LogP contribution in [0.15, 0.2) is 52.2 Å². The molecule has 2 aliphatic rings. The number of ketones is 1. The molecule has 2 aromatic heterocycles. The number of hydrogen-bond donors (Lipinski definition) is 1. The fraction of sp³-hybridized carbons (Fsp3) is 0.391. The Bertz CT molecular complexity index is 1020. The summed E-state index contributed by atoms with van der Waals surface area (Å²) in [6.45, 7) is 4.45. The quantitative estimate of drug-likeness (QED) is 0.519. The van der Waals surface area contributed by atoms with Crippen molar-refractivity contribution in [3.63, 3.8) is 0 Å². The largest absolute Gasteiger partial charge is 0.460 e. The molecule has 2 atom stereocenters. The van der Waals surface area contributed by atoms with Crippen LogP contribution in [0.2, 0.25) is 0 Å². The van der Waals surface area contributed by atoms with E-state index in [0.717, 1.165) is 27.6 Å². The number of carbonyl (C=O) groups excluding carboxylic acids is 2. The van der Waals surface area contributed by atoms with Gasteiger partial charge in [0.1, 0.15) is 6.61 Å². The predicted octanol–water partition coefficient (Wildman–Crippen LogP) is 4.67. The SMILES string of the molecule is COCCOC(=O)C1=C(C)NC2=C(C(=O)CC(c3cccs3)C2)C1c1ccc(C)s1. The lowest BCUT2D eigenvalue weighted by Crippen LogP contribution is -2.36. The first kappa shape index (κ1) is 21.0. The topological polar surface area (TPSA) is 64.6 Å². The first-order chi connectivity index (χ1) is 14.5. The molecule has 3 heterocycles. The fourth-order valence-corrected chi connectivity index (χ4v) is 6.05. The average Bonchev–Trinajstić information content (AvgIpc) is 3.38. The Labute approximate surface area is 184 Å². The van der Waals surface area contributed by atoms with Crippen LogP contribution in [0.5, 0.6) is 0 Å². The van der Waals surface area contributed by atoms with Crippen molar-refractivity contribution in [1.29, 1.82) is 0 Å². The molecule has 0 spiro atoms. The van der Waals surface area contributed by atoms with Gasteiger partial charge in [0.15, 0.2) is 5.78 Å². The molecule has 2 aromatic rings. The van der Waals surface area contributed by atoms with Gasteiger partial charge >= 0.3 is 5.97 Å². The van der Waals surface area contributed by atoms with Gasteiger partial charge in [-0.15, -0.1) is 22.7 Å². The van der Waals surface area contributed by atoms with E-state index in [0.29, 0.717) is 24.2 Å². The Balaban J connectivity index is 1.73. The van der Waals surface area contributed by atoms with Crippen molar-refractivity contribution in [3.05, 3.63) is 66.8 Å². The van der Waals surface area contributed by atoms with Crippen LogP contribution in [0, 0.1) is 6.92 Å². The summed E-state index contributed by atoms with van der Waals surface area (Å²) in [5.74, 6) is -0.495. The zero-order valence-corrected chi connectivity index (χ0v) is 19.0. The average molecular weight is 444 g/mol. The van der Waals surface area contributed by atoms with E-state index in [4.69, 9.17) is 9.47 Å².